The van der Waals surface area contributed by atoms with Crippen LogP contribution in [0.3, 0.4) is 0 Å². The molecule has 1 atom stereocenters. The van der Waals surface area contributed by atoms with Gasteiger partial charge in [0.15, 0.2) is 0 Å². The van der Waals surface area contributed by atoms with Gasteiger partial charge < -0.3 is 9.64 Å². The Bertz CT molecular complexity index is 471. The molecule has 0 radical (unpaired) electrons. The summed E-state index contributed by atoms with van der Waals surface area (Å²) in [5, 5.41) is 0. The summed E-state index contributed by atoms with van der Waals surface area (Å²) in [4.78, 5) is 13.0. The third kappa shape index (κ3) is 3.57. The highest BCUT2D eigenvalue weighted by atomic mass is 19.4. The molecular formula is C13H12F3NO2. The Labute approximate surface area is 108 Å². The number of alkyl halides is 3. The molecule has 0 unspecified atom stereocenters. The zero-order valence-corrected chi connectivity index (χ0v) is 9.93. The minimum absolute atomic E-state index is 0.000587. The molecule has 0 saturated carbocycles. The Balaban J connectivity index is 2.11. The van der Waals surface area contributed by atoms with Crippen molar-refractivity contribution in [2.75, 3.05) is 13.3 Å². The van der Waals surface area contributed by atoms with E-state index < -0.39 is 12.1 Å². The average molecular weight is 271 g/mol. The molecule has 1 fully saturated rings. The van der Waals surface area contributed by atoms with Crippen molar-refractivity contribution in [3.63, 3.8) is 0 Å². The zero-order valence-electron chi connectivity index (χ0n) is 9.93. The van der Waals surface area contributed by atoms with Crippen molar-refractivity contribution in [2.45, 2.75) is 12.2 Å². The Hall–Kier alpha value is -1.82. The summed E-state index contributed by atoms with van der Waals surface area (Å²) in [6.07, 6.45) is -4.02. The highest BCUT2D eigenvalue weighted by Crippen LogP contribution is 2.26. The second kappa shape index (κ2) is 5.44. The van der Waals surface area contributed by atoms with Gasteiger partial charge in [0.1, 0.15) is 6.73 Å². The first-order valence-electron chi connectivity index (χ1n) is 5.66. The van der Waals surface area contributed by atoms with Gasteiger partial charge in [-0.1, -0.05) is 30.3 Å². The number of hydrogen-bond acceptors (Lipinski definition) is 2. The zero-order chi connectivity index (χ0) is 13.9. The molecule has 1 aromatic carbocycles. The third-order valence-electron chi connectivity index (χ3n) is 2.76. The first kappa shape index (κ1) is 13.6. The molecule has 0 aliphatic carbocycles. The van der Waals surface area contributed by atoms with E-state index in [2.05, 4.69) is 0 Å². The van der Waals surface area contributed by atoms with Crippen LogP contribution in [0.15, 0.2) is 42.5 Å². The molecular weight excluding hydrogens is 259 g/mol. The minimum Gasteiger partial charge on any atom is -0.359 e. The standard InChI is InChI=1S/C13H12F3NO2/c14-13(15,16)7-6-12(18)17-9-19-8-11(17)10-4-2-1-3-5-10/h1-7,11H,8-9H2/b7-6+/t11-/m1/s1. The summed E-state index contributed by atoms with van der Waals surface area (Å²) in [5.74, 6) is -0.705. The van der Waals surface area contributed by atoms with E-state index in [0.717, 1.165) is 5.56 Å². The number of ether oxygens (including phenoxy) is 1. The molecule has 0 N–H and O–H groups in total. The van der Waals surface area contributed by atoms with Gasteiger partial charge in [-0.15, -0.1) is 0 Å². The SMILES string of the molecule is O=C(/C=C/C(F)(F)F)N1COC[C@@H]1c1ccccc1. The third-order valence-corrected chi connectivity index (χ3v) is 2.76. The van der Waals surface area contributed by atoms with Crippen molar-refractivity contribution in [2.24, 2.45) is 0 Å². The van der Waals surface area contributed by atoms with E-state index >= 15 is 0 Å². The molecule has 1 aromatic rings. The number of rotatable bonds is 2. The maximum absolute atomic E-state index is 12.0. The number of nitrogens with zero attached hydrogens (tertiary/aromatic N) is 1. The summed E-state index contributed by atoms with van der Waals surface area (Å²) >= 11 is 0. The Morgan fingerprint density at radius 1 is 1.32 bits per heavy atom. The second-order valence-corrected chi connectivity index (χ2v) is 4.11. The van der Waals surface area contributed by atoms with Gasteiger partial charge in [0, 0.05) is 12.2 Å². The van der Waals surface area contributed by atoms with Crippen LogP contribution >= 0.6 is 0 Å². The lowest BCUT2D eigenvalue weighted by Gasteiger charge is -2.21. The first-order valence-corrected chi connectivity index (χ1v) is 5.66. The van der Waals surface area contributed by atoms with Crippen LogP contribution in [0.4, 0.5) is 13.2 Å². The summed E-state index contributed by atoms with van der Waals surface area (Å²) in [6, 6.07) is 8.73. The molecule has 1 aliphatic rings. The molecule has 2 rings (SSSR count). The molecule has 102 valence electrons. The number of hydrogen-bond donors (Lipinski definition) is 0. The molecule has 1 amide bonds. The van der Waals surface area contributed by atoms with Crippen LogP contribution < -0.4 is 0 Å². The molecule has 6 heteroatoms. The van der Waals surface area contributed by atoms with Crippen molar-refractivity contribution in [1.82, 2.24) is 4.90 Å². The van der Waals surface area contributed by atoms with E-state index in [4.69, 9.17) is 4.74 Å². The van der Waals surface area contributed by atoms with E-state index in [1.807, 2.05) is 30.3 Å². The predicted octanol–water partition coefficient (Wildman–Crippen LogP) is 2.66. The summed E-state index contributed by atoms with van der Waals surface area (Å²) < 4.78 is 41.3. The summed E-state index contributed by atoms with van der Waals surface area (Å²) in [5.41, 5.74) is 0.841. The topological polar surface area (TPSA) is 29.5 Å². The van der Waals surface area contributed by atoms with E-state index in [9.17, 15) is 18.0 Å². The number of halogens is 3. The second-order valence-electron chi connectivity index (χ2n) is 4.11. The fourth-order valence-corrected chi connectivity index (χ4v) is 1.87. The average Bonchev–Trinajstić information content (AvgIpc) is 2.85. The Kier molecular flexibility index (Phi) is 3.90. The van der Waals surface area contributed by atoms with E-state index in [1.165, 1.54) is 4.90 Å². The van der Waals surface area contributed by atoms with E-state index in [0.29, 0.717) is 6.08 Å². The monoisotopic (exact) mass is 271 g/mol. The lowest BCUT2D eigenvalue weighted by atomic mass is 10.1. The maximum Gasteiger partial charge on any atom is 0.409 e. The van der Waals surface area contributed by atoms with Crippen molar-refractivity contribution in [3.8, 4) is 0 Å². The molecule has 0 aromatic heterocycles. The van der Waals surface area contributed by atoms with Gasteiger partial charge in [-0.05, 0) is 5.56 Å². The van der Waals surface area contributed by atoms with Crippen LogP contribution in [-0.4, -0.2) is 30.3 Å². The quantitative estimate of drug-likeness (QED) is 0.774. The van der Waals surface area contributed by atoms with Crippen molar-refractivity contribution in [3.05, 3.63) is 48.0 Å². The van der Waals surface area contributed by atoms with Crippen LogP contribution in [0, 0.1) is 0 Å². The molecule has 1 heterocycles. The number of carbonyl (C=O) groups excluding carboxylic acids is 1. The van der Waals surface area contributed by atoms with Gasteiger partial charge in [-0.2, -0.15) is 13.2 Å². The molecule has 1 saturated heterocycles. The number of carbonyl (C=O) groups is 1. The fraction of sp³-hybridized carbons (Fsp3) is 0.308. The highest BCUT2D eigenvalue weighted by molar-refractivity contribution is 5.88. The highest BCUT2D eigenvalue weighted by Gasteiger charge is 2.30. The van der Waals surface area contributed by atoms with Gasteiger partial charge in [0.2, 0.25) is 5.91 Å². The predicted molar refractivity (Wildman–Crippen MR) is 62.0 cm³/mol. The van der Waals surface area contributed by atoms with E-state index in [1.54, 1.807) is 0 Å². The largest absolute Gasteiger partial charge is 0.409 e. The Morgan fingerprint density at radius 2 is 2.00 bits per heavy atom. The van der Waals surface area contributed by atoms with Gasteiger partial charge in [-0.3, -0.25) is 4.79 Å². The van der Waals surface area contributed by atoms with Gasteiger partial charge in [0.05, 0.1) is 12.6 Å². The van der Waals surface area contributed by atoms with Crippen molar-refractivity contribution < 1.29 is 22.7 Å². The molecule has 1 aliphatic heterocycles. The smallest absolute Gasteiger partial charge is 0.359 e. The lowest BCUT2D eigenvalue weighted by Crippen LogP contribution is -2.30. The fourth-order valence-electron chi connectivity index (χ4n) is 1.87. The number of benzene rings is 1. The summed E-state index contributed by atoms with van der Waals surface area (Å²) in [6.45, 7) is 0.288. The maximum atomic E-state index is 12.0. The van der Waals surface area contributed by atoms with Crippen LogP contribution in [0.5, 0.6) is 0 Å². The van der Waals surface area contributed by atoms with Gasteiger partial charge >= 0.3 is 6.18 Å². The van der Waals surface area contributed by atoms with E-state index in [-0.39, 0.29) is 25.5 Å². The summed E-state index contributed by atoms with van der Waals surface area (Å²) in [7, 11) is 0. The van der Waals surface area contributed by atoms with Crippen molar-refractivity contribution in [1.29, 1.82) is 0 Å². The number of amides is 1. The van der Waals surface area contributed by atoms with Crippen LogP contribution in [0.25, 0.3) is 0 Å². The molecule has 0 spiro atoms. The van der Waals surface area contributed by atoms with Gasteiger partial charge in [0.25, 0.3) is 0 Å². The lowest BCUT2D eigenvalue weighted by molar-refractivity contribution is -0.128. The minimum atomic E-state index is -4.49. The Morgan fingerprint density at radius 3 is 2.63 bits per heavy atom. The normalized spacial score (nSPS) is 20.2. The van der Waals surface area contributed by atoms with Crippen LogP contribution in [-0.2, 0) is 9.53 Å². The number of allylic oxidation sites excluding steroid dienone is 1. The first-order chi connectivity index (χ1) is 8.97. The molecule has 3 nitrogen and oxygen atoms in total. The van der Waals surface area contributed by atoms with Crippen LogP contribution in [0.1, 0.15) is 11.6 Å². The van der Waals surface area contributed by atoms with Gasteiger partial charge in [-0.25, -0.2) is 0 Å². The molecule has 19 heavy (non-hydrogen) atoms. The van der Waals surface area contributed by atoms with Crippen LogP contribution in [0.2, 0.25) is 0 Å². The van der Waals surface area contributed by atoms with Crippen molar-refractivity contribution >= 4 is 5.91 Å². The molecule has 0 bridgehead atoms.